The van der Waals surface area contributed by atoms with Crippen LogP contribution in [0.25, 0.3) is 0 Å². The van der Waals surface area contributed by atoms with Crippen molar-refractivity contribution in [3.63, 3.8) is 0 Å². The summed E-state index contributed by atoms with van der Waals surface area (Å²) in [5.74, 6) is -0.842. The lowest BCUT2D eigenvalue weighted by molar-refractivity contribution is -0.167. The summed E-state index contributed by atoms with van der Waals surface area (Å²) in [6, 6.07) is 0. The van der Waals surface area contributed by atoms with Gasteiger partial charge in [-0.15, -0.1) is 0 Å². The Labute approximate surface area is 520 Å². The SMILES string of the molecule is CCC/C=C\CCCCCCCC(=O)OCC(COC(=O)CCCCCCCCCCCCCCCCCCCCCCCCCCCCCCCCCCC)OC(=O)CCCCCCCCCCCCCCCCCCCCCCCC. The van der Waals surface area contributed by atoms with E-state index >= 15 is 0 Å². The molecule has 0 rings (SSSR count). The molecule has 492 valence electrons. The summed E-state index contributed by atoms with van der Waals surface area (Å²) < 4.78 is 17.0. The van der Waals surface area contributed by atoms with Gasteiger partial charge in [-0.25, -0.2) is 0 Å². The number of rotatable bonds is 72. The molecule has 0 aliphatic carbocycles. The van der Waals surface area contributed by atoms with Crippen LogP contribution in [-0.2, 0) is 28.6 Å². The van der Waals surface area contributed by atoms with Gasteiger partial charge in [-0.3, -0.25) is 14.4 Å². The Hall–Kier alpha value is -1.85. The van der Waals surface area contributed by atoms with Crippen molar-refractivity contribution < 1.29 is 28.6 Å². The van der Waals surface area contributed by atoms with Gasteiger partial charge >= 0.3 is 17.9 Å². The highest BCUT2D eigenvalue weighted by Crippen LogP contribution is 2.20. The molecular formula is C77H148O6. The molecule has 6 nitrogen and oxygen atoms in total. The Balaban J connectivity index is 4.02. The van der Waals surface area contributed by atoms with Crippen LogP contribution >= 0.6 is 0 Å². The number of unbranched alkanes of at least 4 members (excludes halogenated alkanes) is 59. The van der Waals surface area contributed by atoms with Gasteiger partial charge in [-0.2, -0.15) is 0 Å². The fraction of sp³-hybridized carbons (Fsp3) is 0.935. The average Bonchev–Trinajstić information content (AvgIpc) is 3.49. The molecular weight excluding hydrogens is 1020 g/mol. The molecule has 0 aliphatic heterocycles. The van der Waals surface area contributed by atoms with Crippen molar-refractivity contribution >= 4 is 17.9 Å². The zero-order valence-corrected chi connectivity index (χ0v) is 56.8. The molecule has 1 atom stereocenters. The zero-order chi connectivity index (χ0) is 59.9. The second-order valence-electron chi connectivity index (χ2n) is 26.3. The van der Waals surface area contributed by atoms with E-state index in [1.165, 1.54) is 334 Å². The quantitative estimate of drug-likeness (QED) is 0.0261. The Kier molecular flexibility index (Phi) is 71.0. The van der Waals surface area contributed by atoms with Crippen molar-refractivity contribution in [2.24, 2.45) is 0 Å². The fourth-order valence-corrected chi connectivity index (χ4v) is 12.0. The number of esters is 3. The van der Waals surface area contributed by atoms with Crippen LogP contribution < -0.4 is 0 Å². The highest BCUT2D eigenvalue weighted by molar-refractivity contribution is 5.71. The number of carbonyl (C=O) groups is 3. The van der Waals surface area contributed by atoms with Crippen molar-refractivity contribution in [1.29, 1.82) is 0 Å². The third-order valence-corrected chi connectivity index (χ3v) is 17.8. The minimum absolute atomic E-state index is 0.0659. The fourth-order valence-electron chi connectivity index (χ4n) is 12.0. The predicted molar refractivity (Wildman–Crippen MR) is 363 cm³/mol. The van der Waals surface area contributed by atoms with E-state index in [9.17, 15) is 14.4 Å². The van der Waals surface area contributed by atoms with Gasteiger partial charge in [-0.1, -0.05) is 399 Å². The van der Waals surface area contributed by atoms with E-state index in [0.717, 1.165) is 70.6 Å². The van der Waals surface area contributed by atoms with Crippen LogP contribution in [0.2, 0.25) is 0 Å². The standard InChI is InChI=1S/C77H148O6/c1-4-7-10-13-16-19-22-24-26-28-30-32-34-35-36-37-38-39-40-41-42-43-44-46-47-49-51-53-55-58-61-64-67-70-76(79)82-73-74(72-81-75(78)69-66-63-60-57-21-18-15-12-9-6-3)83-77(80)71-68-65-62-59-56-54-52-50-48-45-33-31-29-27-25-23-20-17-14-11-8-5-2/h12,15,74H,4-11,13-14,16-73H2,1-3H3/b15-12-. The Morgan fingerprint density at radius 3 is 0.651 bits per heavy atom. The van der Waals surface area contributed by atoms with Gasteiger partial charge < -0.3 is 14.2 Å². The number of hydrogen-bond donors (Lipinski definition) is 0. The van der Waals surface area contributed by atoms with Crippen molar-refractivity contribution in [3.8, 4) is 0 Å². The van der Waals surface area contributed by atoms with Gasteiger partial charge in [0.15, 0.2) is 6.10 Å². The minimum Gasteiger partial charge on any atom is -0.462 e. The van der Waals surface area contributed by atoms with E-state index in [0.29, 0.717) is 19.3 Å². The van der Waals surface area contributed by atoms with Crippen molar-refractivity contribution in [1.82, 2.24) is 0 Å². The molecule has 83 heavy (non-hydrogen) atoms. The number of hydrogen-bond acceptors (Lipinski definition) is 6. The van der Waals surface area contributed by atoms with Gasteiger partial charge in [-0.05, 0) is 38.5 Å². The molecule has 0 amide bonds. The lowest BCUT2D eigenvalue weighted by Gasteiger charge is -2.18. The van der Waals surface area contributed by atoms with Crippen LogP contribution in [0.5, 0.6) is 0 Å². The average molecular weight is 1170 g/mol. The maximum Gasteiger partial charge on any atom is 0.306 e. The number of ether oxygens (including phenoxy) is 3. The molecule has 0 fully saturated rings. The third-order valence-electron chi connectivity index (χ3n) is 17.8. The summed E-state index contributed by atoms with van der Waals surface area (Å²) in [7, 11) is 0. The minimum atomic E-state index is -0.769. The second kappa shape index (κ2) is 72.6. The summed E-state index contributed by atoms with van der Waals surface area (Å²) in [6.45, 7) is 6.67. The summed E-state index contributed by atoms with van der Waals surface area (Å²) in [5, 5.41) is 0. The molecule has 0 saturated carbocycles. The first kappa shape index (κ1) is 81.2. The van der Waals surface area contributed by atoms with Crippen LogP contribution in [0.15, 0.2) is 12.2 Å². The highest BCUT2D eigenvalue weighted by Gasteiger charge is 2.20. The Morgan fingerprint density at radius 1 is 0.229 bits per heavy atom. The normalized spacial score (nSPS) is 12.0. The van der Waals surface area contributed by atoms with Gasteiger partial charge in [0.2, 0.25) is 0 Å². The number of carbonyl (C=O) groups excluding carboxylic acids is 3. The molecule has 6 heteroatoms. The predicted octanol–water partition coefficient (Wildman–Crippen LogP) is 26.3. The van der Waals surface area contributed by atoms with Crippen molar-refractivity contribution in [2.75, 3.05) is 13.2 Å². The van der Waals surface area contributed by atoms with Crippen LogP contribution in [0.3, 0.4) is 0 Å². The Bertz CT molecular complexity index is 1300. The lowest BCUT2D eigenvalue weighted by atomic mass is 10.0. The van der Waals surface area contributed by atoms with E-state index < -0.39 is 6.10 Å². The first-order chi connectivity index (χ1) is 41.0. The topological polar surface area (TPSA) is 78.9 Å². The summed E-state index contributed by atoms with van der Waals surface area (Å²) in [4.78, 5) is 38.4. The van der Waals surface area contributed by atoms with Crippen molar-refractivity contribution in [2.45, 2.75) is 451 Å². The van der Waals surface area contributed by atoms with Gasteiger partial charge in [0, 0.05) is 19.3 Å². The monoisotopic (exact) mass is 1170 g/mol. The van der Waals surface area contributed by atoms with E-state index in [4.69, 9.17) is 14.2 Å². The zero-order valence-electron chi connectivity index (χ0n) is 56.8. The molecule has 0 radical (unpaired) electrons. The highest BCUT2D eigenvalue weighted by atomic mass is 16.6. The van der Waals surface area contributed by atoms with E-state index in [-0.39, 0.29) is 31.1 Å². The summed E-state index contributed by atoms with van der Waals surface area (Å²) in [6.07, 6.45) is 88.7. The first-order valence-corrected chi connectivity index (χ1v) is 38.2. The van der Waals surface area contributed by atoms with Gasteiger partial charge in [0.25, 0.3) is 0 Å². The molecule has 0 aromatic heterocycles. The summed E-state index contributed by atoms with van der Waals surface area (Å²) in [5.41, 5.74) is 0. The lowest BCUT2D eigenvalue weighted by Crippen LogP contribution is -2.30. The molecule has 0 aliphatic rings. The Morgan fingerprint density at radius 2 is 0.422 bits per heavy atom. The van der Waals surface area contributed by atoms with Gasteiger partial charge in [0.05, 0.1) is 0 Å². The molecule has 0 heterocycles. The van der Waals surface area contributed by atoms with E-state index in [1.807, 2.05) is 0 Å². The van der Waals surface area contributed by atoms with E-state index in [1.54, 1.807) is 0 Å². The maximum absolute atomic E-state index is 12.9. The van der Waals surface area contributed by atoms with Crippen LogP contribution in [0, 0.1) is 0 Å². The molecule has 0 aromatic carbocycles. The molecule has 0 spiro atoms. The smallest absolute Gasteiger partial charge is 0.306 e. The maximum atomic E-state index is 12.9. The van der Waals surface area contributed by atoms with Crippen molar-refractivity contribution in [3.05, 3.63) is 12.2 Å². The van der Waals surface area contributed by atoms with Crippen LogP contribution in [0.1, 0.15) is 445 Å². The molecule has 0 saturated heterocycles. The third kappa shape index (κ3) is 70.8. The second-order valence-corrected chi connectivity index (χ2v) is 26.3. The molecule has 0 N–H and O–H groups in total. The van der Waals surface area contributed by atoms with Crippen LogP contribution in [-0.4, -0.2) is 37.2 Å². The summed E-state index contributed by atoms with van der Waals surface area (Å²) >= 11 is 0. The van der Waals surface area contributed by atoms with Crippen LogP contribution in [0.4, 0.5) is 0 Å². The molecule has 0 bridgehead atoms. The van der Waals surface area contributed by atoms with Gasteiger partial charge in [0.1, 0.15) is 13.2 Å². The molecule has 0 aromatic rings. The van der Waals surface area contributed by atoms with E-state index in [2.05, 4.69) is 32.9 Å². The number of allylic oxidation sites excluding steroid dienone is 2. The molecule has 1 unspecified atom stereocenters. The first-order valence-electron chi connectivity index (χ1n) is 38.2. The largest absolute Gasteiger partial charge is 0.462 e.